The van der Waals surface area contributed by atoms with E-state index in [1.165, 1.54) is 0 Å². The van der Waals surface area contributed by atoms with E-state index in [0.29, 0.717) is 0 Å². The second-order valence-electron chi connectivity index (χ2n) is 5.08. The molecular weight excluding hydrogens is 208 g/mol. The summed E-state index contributed by atoms with van der Waals surface area (Å²) in [5.41, 5.74) is 0. The average molecular weight is 228 g/mol. The summed E-state index contributed by atoms with van der Waals surface area (Å²) in [5.74, 6) is -0.569. The second kappa shape index (κ2) is 4.72. The molecule has 1 saturated heterocycles. The van der Waals surface area contributed by atoms with Gasteiger partial charge < -0.3 is 14.6 Å². The number of carboxylic acids is 1. The van der Waals surface area contributed by atoms with Gasteiger partial charge in [0.15, 0.2) is 6.10 Å². The van der Waals surface area contributed by atoms with Gasteiger partial charge in [0.2, 0.25) is 0 Å². The highest BCUT2D eigenvalue weighted by Gasteiger charge is 2.39. The molecule has 1 saturated carbocycles. The molecule has 3 unspecified atom stereocenters. The molecule has 1 N–H and O–H groups in total. The first-order valence-corrected chi connectivity index (χ1v) is 6.10. The van der Waals surface area contributed by atoms with Crippen LogP contribution in [0.15, 0.2) is 0 Å². The number of aliphatic carboxylic acids is 1. The molecule has 2 fully saturated rings. The van der Waals surface area contributed by atoms with Gasteiger partial charge in [0.1, 0.15) is 0 Å². The van der Waals surface area contributed by atoms with E-state index >= 15 is 0 Å². The maximum Gasteiger partial charge on any atom is 0.333 e. The van der Waals surface area contributed by atoms with Crippen molar-refractivity contribution < 1.29 is 19.4 Å². The molecule has 2 aliphatic rings. The minimum Gasteiger partial charge on any atom is -0.479 e. The number of ether oxygens (including phenoxy) is 2. The molecule has 2 rings (SSSR count). The van der Waals surface area contributed by atoms with Crippen LogP contribution in [-0.2, 0) is 14.3 Å². The highest BCUT2D eigenvalue weighted by atomic mass is 16.5. The van der Waals surface area contributed by atoms with Crippen LogP contribution in [0.4, 0.5) is 0 Å². The van der Waals surface area contributed by atoms with Crippen LogP contribution in [0.25, 0.3) is 0 Å². The number of hydrogen-bond donors (Lipinski definition) is 1. The lowest BCUT2D eigenvalue weighted by Crippen LogP contribution is -2.39. The minimum atomic E-state index is -0.811. The van der Waals surface area contributed by atoms with Crippen molar-refractivity contribution in [2.75, 3.05) is 0 Å². The Hall–Kier alpha value is -0.610. The van der Waals surface area contributed by atoms with Crippen LogP contribution in [0.3, 0.4) is 0 Å². The molecule has 0 spiro atoms. The number of hydrogen-bond acceptors (Lipinski definition) is 3. The first-order chi connectivity index (χ1) is 7.56. The Labute approximate surface area is 95.9 Å². The lowest BCUT2D eigenvalue weighted by Gasteiger charge is -2.33. The van der Waals surface area contributed by atoms with Gasteiger partial charge >= 0.3 is 5.97 Å². The molecule has 4 nitrogen and oxygen atoms in total. The van der Waals surface area contributed by atoms with Crippen molar-refractivity contribution in [2.45, 2.75) is 63.9 Å². The van der Waals surface area contributed by atoms with Gasteiger partial charge in [-0.2, -0.15) is 0 Å². The molecule has 0 radical (unpaired) electrons. The average Bonchev–Trinajstić information content (AvgIpc) is 2.95. The van der Waals surface area contributed by atoms with Crippen molar-refractivity contribution in [2.24, 2.45) is 5.92 Å². The van der Waals surface area contributed by atoms with Crippen LogP contribution in [-0.4, -0.2) is 35.5 Å². The summed E-state index contributed by atoms with van der Waals surface area (Å²) in [6.45, 7) is 4.03. The fraction of sp³-hybridized carbons (Fsp3) is 0.917. The molecule has 1 heterocycles. The van der Waals surface area contributed by atoms with E-state index in [-0.39, 0.29) is 24.2 Å². The minimum absolute atomic E-state index is 0.0421. The lowest BCUT2D eigenvalue weighted by atomic mass is 10.0. The quantitative estimate of drug-likeness (QED) is 0.797. The lowest BCUT2D eigenvalue weighted by molar-refractivity contribution is -0.167. The van der Waals surface area contributed by atoms with Crippen LogP contribution in [0.5, 0.6) is 0 Å². The van der Waals surface area contributed by atoms with Crippen molar-refractivity contribution in [1.29, 1.82) is 0 Å². The molecule has 1 aliphatic carbocycles. The Morgan fingerprint density at radius 2 is 1.88 bits per heavy atom. The van der Waals surface area contributed by atoms with Gasteiger partial charge in [0.25, 0.3) is 0 Å². The van der Waals surface area contributed by atoms with Crippen LogP contribution < -0.4 is 0 Å². The summed E-state index contributed by atoms with van der Waals surface area (Å²) < 4.78 is 11.3. The maximum absolute atomic E-state index is 11.1. The molecule has 92 valence electrons. The Bertz CT molecular complexity index is 252. The Balaban J connectivity index is 1.89. The van der Waals surface area contributed by atoms with Crippen LogP contribution in [0.1, 0.15) is 39.5 Å². The van der Waals surface area contributed by atoms with Crippen molar-refractivity contribution >= 4 is 5.97 Å². The SMILES string of the molecule is CC1CC(OC(C(=O)O)C2CC2)CC(C)O1. The fourth-order valence-corrected chi connectivity index (χ4v) is 2.43. The van der Waals surface area contributed by atoms with Crippen molar-refractivity contribution in [1.82, 2.24) is 0 Å². The summed E-state index contributed by atoms with van der Waals surface area (Å²) in [6.07, 6.45) is 3.38. The molecule has 0 aromatic rings. The van der Waals surface area contributed by atoms with E-state index in [1.807, 2.05) is 13.8 Å². The Morgan fingerprint density at radius 1 is 1.31 bits per heavy atom. The number of rotatable bonds is 4. The molecular formula is C12H20O4. The summed E-state index contributed by atoms with van der Waals surface area (Å²) >= 11 is 0. The smallest absolute Gasteiger partial charge is 0.333 e. The molecule has 0 amide bonds. The van der Waals surface area contributed by atoms with Gasteiger partial charge in [0, 0.05) is 0 Å². The van der Waals surface area contributed by atoms with E-state index in [0.717, 1.165) is 25.7 Å². The third kappa shape index (κ3) is 2.95. The summed E-state index contributed by atoms with van der Waals surface area (Å²) in [6, 6.07) is 0. The second-order valence-corrected chi connectivity index (χ2v) is 5.08. The number of carboxylic acid groups (broad SMARTS) is 1. The van der Waals surface area contributed by atoms with E-state index < -0.39 is 12.1 Å². The van der Waals surface area contributed by atoms with Gasteiger partial charge in [-0.25, -0.2) is 4.79 Å². The molecule has 16 heavy (non-hydrogen) atoms. The van der Waals surface area contributed by atoms with Crippen LogP contribution >= 0.6 is 0 Å². The topological polar surface area (TPSA) is 55.8 Å². The third-order valence-electron chi connectivity index (χ3n) is 3.29. The van der Waals surface area contributed by atoms with Crippen LogP contribution in [0.2, 0.25) is 0 Å². The van der Waals surface area contributed by atoms with Crippen molar-refractivity contribution in [3.8, 4) is 0 Å². The van der Waals surface area contributed by atoms with Gasteiger partial charge in [-0.3, -0.25) is 0 Å². The van der Waals surface area contributed by atoms with Gasteiger partial charge in [-0.1, -0.05) is 0 Å². The van der Waals surface area contributed by atoms with Crippen molar-refractivity contribution in [3.05, 3.63) is 0 Å². The normalized spacial score (nSPS) is 37.0. The summed E-state index contributed by atoms with van der Waals surface area (Å²) in [7, 11) is 0. The van der Waals surface area contributed by atoms with E-state index in [1.54, 1.807) is 0 Å². The molecule has 4 heteroatoms. The van der Waals surface area contributed by atoms with E-state index in [2.05, 4.69) is 0 Å². The maximum atomic E-state index is 11.1. The molecule has 1 aliphatic heterocycles. The zero-order valence-electron chi connectivity index (χ0n) is 9.89. The standard InChI is InChI=1S/C12H20O4/c1-7-5-10(6-8(2)15-7)16-11(12(13)14)9-3-4-9/h7-11H,3-6H2,1-2H3,(H,13,14). The predicted molar refractivity (Wildman–Crippen MR) is 58.3 cm³/mol. The van der Waals surface area contributed by atoms with E-state index in [4.69, 9.17) is 14.6 Å². The summed E-state index contributed by atoms with van der Waals surface area (Å²) in [5, 5.41) is 9.09. The molecule has 0 aromatic carbocycles. The van der Waals surface area contributed by atoms with Crippen LogP contribution in [0, 0.1) is 5.92 Å². The van der Waals surface area contributed by atoms with Gasteiger partial charge in [0.05, 0.1) is 18.3 Å². The first kappa shape index (κ1) is 11.9. The highest BCUT2D eigenvalue weighted by Crippen LogP contribution is 2.36. The zero-order valence-corrected chi connectivity index (χ0v) is 9.89. The van der Waals surface area contributed by atoms with Gasteiger partial charge in [-0.15, -0.1) is 0 Å². The van der Waals surface area contributed by atoms with Gasteiger partial charge in [-0.05, 0) is 45.4 Å². The number of carbonyl (C=O) groups is 1. The monoisotopic (exact) mass is 228 g/mol. The van der Waals surface area contributed by atoms with Crippen molar-refractivity contribution in [3.63, 3.8) is 0 Å². The Morgan fingerprint density at radius 3 is 2.31 bits per heavy atom. The Kier molecular flexibility index (Phi) is 3.50. The molecule has 0 aromatic heterocycles. The molecule has 0 bridgehead atoms. The zero-order chi connectivity index (χ0) is 11.7. The van der Waals surface area contributed by atoms with E-state index in [9.17, 15) is 4.79 Å². The first-order valence-electron chi connectivity index (χ1n) is 6.10. The molecule has 3 atom stereocenters. The fourth-order valence-electron chi connectivity index (χ4n) is 2.43. The predicted octanol–water partition coefficient (Wildman–Crippen LogP) is 1.82. The largest absolute Gasteiger partial charge is 0.479 e. The third-order valence-corrected chi connectivity index (χ3v) is 3.29. The highest BCUT2D eigenvalue weighted by molar-refractivity contribution is 5.73. The summed E-state index contributed by atoms with van der Waals surface area (Å²) in [4.78, 5) is 11.1.